The van der Waals surface area contributed by atoms with Crippen molar-refractivity contribution in [2.75, 3.05) is 0 Å². The molecule has 0 aliphatic heterocycles. The minimum Gasteiger partial charge on any atom is -0.462 e. The van der Waals surface area contributed by atoms with Gasteiger partial charge in [-0.25, -0.2) is 0 Å². The number of fused-ring (bicyclic) bond motifs is 5. The number of esters is 1. The highest BCUT2D eigenvalue weighted by Crippen LogP contribution is 2.67. The van der Waals surface area contributed by atoms with Gasteiger partial charge in [0.2, 0.25) is 0 Å². The first-order valence-corrected chi connectivity index (χ1v) is 14.0. The quantitative estimate of drug-likeness (QED) is 0.495. The van der Waals surface area contributed by atoms with Crippen LogP contribution in [0.4, 0.5) is 0 Å². The van der Waals surface area contributed by atoms with Crippen molar-refractivity contribution in [2.45, 2.75) is 117 Å². The molecule has 2 N–H and O–H groups in total. The fourth-order valence-electron chi connectivity index (χ4n) is 9.00. The van der Waals surface area contributed by atoms with Gasteiger partial charge in [0.05, 0.1) is 12.5 Å². The summed E-state index contributed by atoms with van der Waals surface area (Å²) < 4.78 is 5.87. The molecule has 5 heteroatoms. The molecule has 5 nitrogen and oxygen atoms in total. The molecular formula is C29H47NO4. The molecule has 4 aliphatic rings. The van der Waals surface area contributed by atoms with Gasteiger partial charge in [-0.1, -0.05) is 27.7 Å². The van der Waals surface area contributed by atoms with E-state index in [0.29, 0.717) is 23.0 Å². The second-order valence-corrected chi connectivity index (χ2v) is 13.1. The maximum Gasteiger partial charge on any atom is 0.306 e. The van der Waals surface area contributed by atoms with Crippen LogP contribution in [0.1, 0.15) is 105 Å². The normalized spacial score (nSPS) is 42.3. The molecule has 4 rings (SSSR count). The lowest BCUT2D eigenvalue weighted by Gasteiger charge is -2.61. The van der Waals surface area contributed by atoms with Crippen molar-refractivity contribution in [3.05, 3.63) is 0 Å². The second-order valence-electron chi connectivity index (χ2n) is 13.1. The third-order valence-corrected chi connectivity index (χ3v) is 11.1. The first-order chi connectivity index (χ1) is 16.0. The molecule has 0 spiro atoms. The average Bonchev–Trinajstić information content (AvgIpc) is 3.14. The van der Waals surface area contributed by atoms with E-state index in [9.17, 15) is 14.4 Å². The summed E-state index contributed by atoms with van der Waals surface area (Å²) in [5, 5.41) is 0. The Kier molecular flexibility index (Phi) is 7.35. The minimum atomic E-state index is -0.499. The molecule has 4 saturated carbocycles. The Morgan fingerprint density at radius 3 is 2.26 bits per heavy atom. The fourth-order valence-corrected chi connectivity index (χ4v) is 9.00. The highest BCUT2D eigenvalue weighted by Gasteiger charge is 2.60. The number of ether oxygens (including phenoxy) is 1. The Morgan fingerprint density at radius 2 is 1.59 bits per heavy atom. The standard InChI is InChI=1S/C29H47NO4/c1-17(2)27(30)25(32)10-11-26(33)34-20-12-14-28(4)19(16-20)6-7-21-23-9-8-22(18(3)31)29(23,5)15-13-24(21)28/h17,19-24,27H,6-16,30H2,1-5H3/t19-,20+,21-,22+,23-,24-,27?,28-,29+/m0/s1. The first kappa shape index (κ1) is 25.9. The van der Waals surface area contributed by atoms with Crippen LogP contribution in [0, 0.1) is 46.3 Å². The molecule has 0 saturated heterocycles. The smallest absolute Gasteiger partial charge is 0.306 e. The zero-order valence-corrected chi connectivity index (χ0v) is 22.1. The molecule has 4 aliphatic carbocycles. The lowest BCUT2D eigenvalue weighted by molar-refractivity contribution is -0.163. The van der Waals surface area contributed by atoms with Crippen molar-refractivity contribution >= 4 is 17.5 Å². The van der Waals surface area contributed by atoms with E-state index in [2.05, 4.69) is 13.8 Å². The van der Waals surface area contributed by atoms with Gasteiger partial charge in [0.1, 0.15) is 17.7 Å². The summed E-state index contributed by atoms with van der Waals surface area (Å²) in [5.74, 6) is 3.24. The predicted molar refractivity (Wildman–Crippen MR) is 133 cm³/mol. The summed E-state index contributed by atoms with van der Waals surface area (Å²) in [7, 11) is 0. The summed E-state index contributed by atoms with van der Waals surface area (Å²) in [6, 6.07) is -0.499. The SMILES string of the molecule is CC(=O)[C@H]1CC[C@H]2[C@@H]3CC[C@H]4C[C@H](OC(=O)CCC(=O)C(N)C(C)C)CC[C@]4(C)[C@H]3CC[C@]12C. The van der Waals surface area contributed by atoms with Gasteiger partial charge in [-0.2, -0.15) is 0 Å². The molecule has 0 aromatic heterocycles. The number of ketones is 2. The molecule has 0 aromatic carbocycles. The van der Waals surface area contributed by atoms with Crippen LogP contribution in [0.3, 0.4) is 0 Å². The van der Waals surface area contributed by atoms with Crippen molar-refractivity contribution < 1.29 is 19.1 Å². The Hall–Kier alpha value is -1.23. The Balaban J connectivity index is 1.34. The lowest BCUT2D eigenvalue weighted by atomic mass is 9.44. The van der Waals surface area contributed by atoms with E-state index in [4.69, 9.17) is 10.5 Å². The number of nitrogens with two attached hydrogens (primary N) is 1. The molecule has 0 heterocycles. The number of hydrogen-bond acceptors (Lipinski definition) is 5. The number of rotatable bonds is 7. The van der Waals surface area contributed by atoms with Crippen LogP contribution in [0.5, 0.6) is 0 Å². The van der Waals surface area contributed by atoms with Crippen LogP contribution in [-0.2, 0) is 19.1 Å². The number of hydrogen-bond donors (Lipinski definition) is 1. The molecule has 1 unspecified atom stereocenters. The van der Waals surface area contributed by atoms with Gasteiger partial charge in [0, 0.05) is 12.3 Å². The molecule has 9 atom stereocenters. The summed E-state index contributed by atoms with van der Waals surface area (Å²) in [4.78, 5) is 37.0. The van der Waals surface area contributed by atoms with Crippen LogP contribution >= 0.6 is 0 Å². The monoisotopic (exact) mass is 473 g/mol. The highest BCUT2D eigenvalue weighted by molar-refractivity contribution is 5.87. The molecule has 0 bridgehead atoms. The zero-order chi connectivity index (χ0) is 24.8. The predicted octanol–water partition coefficient (Wildman–Crippen LogP) is 5.48. The molecular weight excluding hydrogens is 426 g/mol. The lowest BCUT2D eigenvalue weighted by Crippen LogP contribution is -2.54. The molecule has 0 radical (unpaired) electrons. The van der Waals surface area contributed by atoms with Crippen molar-refractivity contribution in [3.8, 4) is 0 Å². The van der Waals surface area contributed by atoms with Gasteiger partial charge in [-0.3, -0.25) is 14.4 Å². The van der Waals surface area contributed by atoms with Crippen molar-refractivity contribution in [1.29, 1.82) is 0 Å². The van der Waals surface area contributed by atoms with Crippen LogP contribution < -0.4 is 5.73 Å². The van der Waals surface area contributed by atoms with Gasteiger partial charge < -0.3 is 10.5 Å². The van der Waals surface area contributed by atoms with Crippen LogP contribution in [-0.4, -0.2) is 29.7 Å². The molecule has 0 amide bonds. The Bertz CT molecular complexity index is 808. The Morgan fingerprint density at radius 1 is 0.912 bits per heavy atom. The maximum absolute atomic E-state index is 12.5. The van der Waals surface area contributed by atoms with Crippen LogP contribution in [0.2, 0.25) is 0 Å². The van der Waals surface area contributed by atoms with E-state index in [1.54, 1.807) is 6.92 Å². The molecule has 34 heavy (non-hydrogen) atoms. The third kappa shape index (κ3) is 4.51. The maximum atomic E-state index is 12.5. The van der Waals surface area contributed by atoms with Gasteiger partial charge >= 0.3 is 5.97 Å². The third-order valence-electron chi connectivity index (χ3n) is 11.1. The van der Waals surface area contributed by atoms with Crippen LogP contribution in [0.25, 0.3) is 0 Å². The van der Waals surface area contributed by atoms with Gasteiger partial charge in [-0.15, -0.1) is 0 Å². The second kappa shape index (κ2) is 9.67. The average molecular weight is 474 g/mol. The number of carbonyl (C=O) groups is 3. The number of Topliss-reactive ketones (excluding diaryl/α,β-unsaturated/α-hetero) is 2. The Labute approximate surface area is 206 Å². The molecule has 0 aromatic rings. The largest absolute Gasteiger partial charge is 0.462 e. The van der Waals surface area contributed by atoms with Crippen molar-refractivity contribution in [2.24, 2.45) is 52.1 Å². The van der Waals surface area contributed by atoms with Crippen molar-refractivity contribution in [3.63, 3.8) is 0 Å². The van der Waals surface area contributed by atoms with E-state index < -0.39 is 6.04 Å². The van der Waals surface area contributed by atoms with E-state index in [-0.39, 0.29) is 47.9 Å². The molecule has 192 valence electrons. The summed E-state index contributed by atoms with van der Waals surface area (Å²) in [5.41, 5.74) is 6.44. The molecule has 4 fully saturated rings. The van der Waals surface area contributed by atoms with Crippen LogP contribution in [0.15, 0.2) is 0 Å². The van der Waals surface area contributed by atoms with Gasteiger partial charge in [-0.05, 0) is 105 Å². The van der Waals surface area contributed by atoms with E-state index in [1.165, 1.54) is 32.1 Å². The van der Waals surface area contributed by atoms with E-state index >= 15 is 0 Å². The zero-order valence-electron chi connectivity index (χ0n) is 22.1. The van der Waals surface area contributed by atoms with Crippen molar-refractivity contribution in [1.82, 2.24) is 0 Å². The minimum absolute atomic E-state index is 0.0153. The fraction of sp³-hybridized carbons (Fsp3) is 0.897. The topological polar surface area (TPSA) is 86.5 Å². The summed E-state index contributed by atoms with van der Waals surface area (Å²) >= 11 is 0. The van der Waals surface area contributed by atoms with Gasteiger partial charge in [0.15, 0.2) is 0 Å². The van der Waals surface area contributed by atoms with E-state index in [1.807, 2.05) is 13.8 Å². The summed E-state index contributed by atoms with van der Waals surface area (Å²) in [6.45, 7) is 10.6. The van der Waals surface area contributed by atoms with Gasteiger partial charge in [0.25, 0.3) is 0 Å². The highest BCUT2D eigenvalue weighted by atomic mass is 16.5. The summed E-state index contributed by atoms with van der Waals surface area (Å²) in [6.07, 6.45) is 10.5. The van der Waals surface area contributed by atoms with E-state index in [0.717, 1.165) is 37.5 Å². The number of carbonyl (C=O) groups excluding carboxylic acids is 3. The first-order valence-electron chi connectivity index (χ1n) is 14.0.